The van der Waals surface area contributed by atoms with E-state index < -0.39 is 18.2 Å². The Kier molecular flexibility index (Phi) is 8.69. The second-order valence-corrected chi connectivity index (χ2v) is 7.77. The van der Waals surface area contributed by atoms with E-state index in [9.17, 15) is 15.0 Å². The largest absolute Gasteiger partial charge is 0.491 e. The molecule has 6 heteroatoms. The minimum atomic E-state index is -0.683. The fourth-order valence-electron chi connectivity index (χ4n) is 2.96. The lowest BCUT2D eigenvalue weighted by Gasteiger charge is -2.26. The predicted octanol–water partition coefficient (Wildman–Crippen LogP) is 3.47. The van der Waals surface area contributed by atoms with Gasteiger partial charge in [-0.05, 0) is 41.8 Å². The second kappa shape index (κ2) is 11.0. The van der Waals surface area contributed by atoms with Crippen LogP contribution in [0.4, 0.5) is 0 Å². The molecule has 2 unspecified atom stereocenters. The van der Waals surface area contributed by atoms with Crippen molar-refractivity contribution >= 4 is 5.97 Å². The van der Waals surface area contributed by atoms with Crippen LogP contribution in [-0.4, -0.2) is 48.2 Å². The molecule has 0 amide bonds. The molecule has 30 heavy (non-hydrogen) atoms. The molecule has 0 saturated carbocycles. The van der Waals surface area contributed by atoms with Gasteiger partial charge in [0.1, 0.15) is 24.7 Å². The summed E-state index contributed by atoms with van der Waals surface area (Å²) in [7, 11) is 0. The number of hydrogen-bond donors (Lipinski definition) is 2. The van der Waals surface area contributed by atoms with Gasteiger partial charge in [0.15, 0.2) is 6.10 Å². The fraction of sp³-hybridized carbons (Fsp3) is 0.458. The smallest absolute Gasteiger partial charge is 0.303 e. The molecule has 0 spiro atoms. The zero-order chi connectivity index (χ0) is 22.1. The summed E-state index contributed by atoms with van der Waals surface area (Å²) in [6, 6.07) is 15.6. The van der Waals surface area contributed by atoms with Crippen LogP contribution >= 0.6 is 0 Å². The van der Waals surface area contributed by atoms with Crippen LogP contribution in [-0.2, 0) is 14.9 Å². The molecule has 0 radical (unpaired) electrons. The zero-order valence-corrected chi connectivity index (χ0v) is 18.1. The van der Waals surface area contributed by atoms with E-state index in [-0.39, 0.29) is 25.2 Å². The average molecular weight is 417 g/mol. The van der Waals surface area contributed by atoms with E-state index in [0.29, 0.717) is 12.2 Å². The van der Waals surface area contributed by atoms with Crippen molar-refractivity contribution < 1.29 is 29.2 Å². The molecule has 0 saturated heterocycles. The van der Waals surface area contributed by atoms with E-state index in [1.54, 1.807) is 0 Å². The van der Waals surface area contributed by atoms with Gasteiger partial charge in [0.25, 0.3) is 0 Å². The minimum absolute atomic E-state index is 0.0903. The van der Waals surface area contributed by atoms with Crippen molar-refractivity contribution in [3.8, 4) is 11.5 Å². The van der Waals surface area contributed by atoms with Crippen molar-refractivity contribution in [3.63, 3.8) is 0 Å². The predicted molar refractivity (Wildman–Crippen MR) is 115 cm³/mol. The van der Waals surface area contributed by atoms with Crippen LogP contribution in [0.1, 0.15) is 45.2 Å². The van der Waals surface area contributed by atoms with Crippen LogP contribution in [0, 0.1) is 0 Å². The highest BCUT2D eigenvalue weighted by atomic mass is 16.6. The molecule has 2 N–H and O–H groups in total. The molecular weight excluding hydrogens is 384 g/mol. The van der Waals surface area contributed by atoms with Crippen LogP contribution in [0.3, 0.4) is 0 Å². The number of hydrogen-bond acceptors (Lipinski definition) is 6. The average Bonchev–Trinajstić information content (AvgIpc) is 2.75. The number of rotatable bonds is 11. The Labute approximate surface area is 178 Å². The van der Waals surface area contributed by atoms with Crippen molar-refractivity contribution in [1.82, 2.24) is 0 Å². The lowest BCUT2D eigenvalue weighted by molar-refractivity contribution is -0.150. The molecule has 0 fully saturated rings. The summed E-state index contributed by atoms with van der Waals surface area (Å²) >= 11 is 0. The standard InChI is InChI=1S/C24H32O6/c1-5-20(27)15-28-21-10-6-18(7-11-21)24(3,4)19-8-12-22(13-9-19)29-16-23(14-25)30-17(2)26/h6-13,20,23,25,27H,5,14-16H2,1-4H3. The summed E-state index contributed by atoms with van der Waals surface area (Å²) in [5, 5.41) is 18.9. The van der Waals surface area contributed by atoms with E-state index in [0.717, 1.165) is 16.9 Å². The molecule has 0 bridgehead atoms. The Bertz CT molecular complexity index is 782. The van der Waals surface area contributed by atoms with E-state index >= 15 is 0 Å². The topological polar surface area (TPSA) is 85.2 Å². The van der Waals surface area contributed by atoms with Crippen LogP contribution in [0.15, 0.2) is 48.5 Å². The van der Waals surface area contributed by atoms with E-state index in [1.807, 2.05) is 55.5 Å². The lowest BCUT2D eigenvalue weighted by Crippen LogP contribution is -2.27. The maximum Gasteiger partial charge on any atom is 0.303 e. The quantitative estimate of drug-likeness (QED) is 0.546. The SMILES string of the molecule is CCC(O)COc1ccc(C(C)(C)c2ccc(OCC(CO)OC(C)=O)cc2)cc1. The van der Waals surface area contributed by atoms with Crippen molar-refractivity contribution in [1.29, 1.82) is 0 Å². The molecule has 6 nitrogen and oxygen atoms in total. The van der Waals surface area contributed by atoms with Gasteiger partial charge >= 0.3 is 5.97 Å². The summed E-state index contributed by atoms with van der Waals surface area (Å²) in [5.74, 6) is 0.920. The summed E-state index contributed by atoms with van der Waals surface area (Å²) in [4.78, 5) is 11.0. The Balaban J connectivity index is 2.01. The van der Waals surface area contributed by atoms with Crippen molar-refractivity contribution in [2.75, 3.05) is 19.8 Å². The second-order valence-electron chi connectivity index (χ2n) is 7.77. The number of benzene rings is 2. The summed E-state index contributed by atoms with van der Waals surface area (Å²) in [5.41, 5.74) is 2.02. The molecule has 0 aliphatic carbocycles. The molecule has 2 aromatic carbocycles. The first-order chi connectivity index (χ1) is 14.3. The van der Waals surface area contributed by atoms with Crippen molar-refractivity contribution in [3.05, 3.63) is 59.7 Å². The van der Waals surface area contributed by atoms with Gasteiger partial charge in [-0.15, -0.1) is 0 Å². The van der Waals surface area contributed by atoms with Crippen LogP contribution in [0.25, 0.3) is 0 Å². The molecular formula is C24H32O6. The maximum absolute atomic E-state index is 11.0. The van der Waals surface area contributed by atoms with Gasteiger partial charge < -0.3 is 24.4 Å². The molecule has 2 aromatic rings. The van der Waals surface area contributed by atoms with Crippen LogP contribution in [0.5, 0.6) is 11.5 Å². The van der Waals surface area contributed by atoms with Gasteiger partial charge in [0, 0.05) is 12.3 Å². The molecule has 164 valence electrons. The first kappa shape index (κ1) is 23.7. The van der Waals surface area contributed by atoms with Gasteiger partial charge in [0.2, 0.25) is 0 Å². The van der Waals surface area contributed by atoms with Gasteiger partial charge in [-0.2, -0.15) is 0 Å². The van der Waals surface area contributed by atoms with Crippen molar-refractivity contribution in [2.24, 2.45) is 0 Å². The van der Waals surface area contributed by atoms with Crippen LogP contribution < -0.4 is 9.47 Å². The first-order valence-electron chi connectivity index (χ1n) is 10.2. The third kappa shape index (κ3) is 6.75. The minimum Gasteiger partial charge on any atom is -0.491 e. The Hall–Kier alpha value is -2.57. The van der Waals surface area contributed by atoms with Gasteiger partial charge in [-0.1, -0.05) is 45.0 Å². The van der Waals surface area contributed by atoms with Crippen LogP contribution in [0.2, 0.25) is 0 Å². The fourth-order valence-corrected chi connectivity index (χ4v) is 2.96. The molecule has 0 heterocycles. The molecule has 0 aliphatic heterocycles. The molecule has 0 aliphatic rings. The highest BCUT2D eigenvalue weighted by Gasteiger charge is 2.23. The first-order valence-corrected chi connectivity index (χ1v) is 10.2. The van der Waals surface area contributed by atoms with E-state index in [1.165, 1.54) is 6.92 Å². The molecule has 2 rings (SSSR count). The monoisotopic (exact) mass is 416 g/mol. The number of carbonyl (C=O) groups is 1. The van der Waals surface area contributed by atoms with Gasteiger partial charge in [-0.25, -0.2) is 0 Å². The Morgan fingerprint density at radius 2 is 1.40 bits per heavy atom. The number of aliphatic hydroxyl groups excluding tert-OH is 2. The zero-order valence-electron chi connectivity index (χ0n) is 18.1. The maximum atomic E-state index is 11.0. The van der Waals surface area contributed by atoms with E-state index in [4.69, 9.17) is 14.2 Å². The third-order valence-electron chi connectivity index (χ3n) is 5.04. The summed E-state index contributed by atoms with van der Waals surface area (Å²) in [6.07, 6.45) is -0.476. The number of esters is 1. The summed E-state index contributed by atoms with van der Waals surface area (Å²) in [6.45, 7) is 7.59. The normalized spacial score (nSPS) is 13.4. The summed E-state index contributed by atoms with van der Waals surface area (Å²) < 4.78 is 16.2. The number of ether oxygens (including phenoxy) is 3. The number of aliphatic hydroxyl groups is 2. The van der Waals surface area contributed by atoms with E-state index in [2.05, 4.69) is 13.8 Å². The Morgan fingerprint density at radius 1 is 0.933 bits per heavy atom. The van der Waals surface area contributed by atoms with Crippen molar-refractivity contribution in [2.45, 2.75) is 51.7 Å². The molecule has 0 aromatic heterocycles. The highest BCUT2D eigenvalue weighted by molar-refractivity contribution is 5.66. The van der Waals surface area contributed by atoms with Gasteiger partial charge in [0.05, 0.1) is 12.7 Å². The Morgan fingerprint density at radius 3 is 1.80 bits per heavy atom. The molecule has 2 atom stereocenters. The number of carbonyl (C=O) groups excluding carboxylic acids is 1. The van der Waals surface area contributed by atoms with Gasteiger partial charge in [-0.3, -0.25) is 4.79 Å². The highest BCUT2D eigenvalue weighted by Crippen LogP contribution is 2.33. The lowest BCUT2D eigenvalue weighted by atomic mass is 9.78. The third-order valence-corrected chi connectivity index (χ3v) is 5.04.